The van der Waals surface area contributed by atoms with Gasteiger partial charge in [-0.1, -0.05) is 6.42 Å². The third-order valence-electron chi connectivity index (χ3n) is 4.50. The number of carboxylic acids is 1. The molecule has 2 aliphatic rings. The summed E-state index contributed by atoms with van der Waals surface area (Å²) in [7, 11) is 0. The maximum Gasteiger partial charge on any atom is 0.304 e. The standard InChI is InChI=1S/C17H21NO3S/c19-16-7-4-13-10-14(22-9-8-17(20)21)5-6-15(13)18(16)11-12-2-1-3-12/h5-6,10,12H,1-4,7-9,11H2,(H,20,21). The van der Waals surface area contributed by atoms with E-state index in [1.165, 1.54) is 24.8 Å². The van der Waals surface area contributed by atoms with Gasteiger partial charge in [0.1, 0.15) is 0 Å². The summed E-state index contributed by atoms with van der Waals surface area (Å²) in [5.41, 5.74) is 2.28. The normalized spacial score (nSPS) is 18.0. The van der Waals surface area contributed by atoms with E-state index >= 15 is 0 Å². The average molecular weight is 319 g/mol. The van der Waals surface area contributed by atoms with Crippen LogP contribution in [0.15, 0.2) is 23.1 Å². The second-order valence-corrected chi connectivity index (χ2v) is 7.25. The van der Waals surface area contributed by atoms with Gasteiger partial charge in [-0.05, 0) is 48.9 Å². The third-order valence-corrected chi connectivity index (χ3v) is 5.50. The minimum absolute atomic E-state index is 0.175. The number of aliphatic carboxylic acids is 1. The Bertz CT molecular complexity index is 583. The van der Waals surface area contributed by atoms with E-state index in [0.29, 0.717) is 18.1 Å². The molecule has 1 saturated carbocycles. The number of fused-ring (bicyclic) bond motifs is 1. The Labute approximate surface area is 134 Å². The zero-order valence-electron chi connectivity index (χ0n) is 12.6. The van der Waals surface area contributed by atoms with E-state index in [9.17, 15) is 9.59 Å². The Morgan fingerprint density at radius 3 is 2.82 bits per heavy atom. The van der Waals surface area contributed by atoms with Crippen LogP contribution in [0.2, 0.25) is 0 Å². The topological polar surface area (TPSA) is 57.6 Å². The molecule has 1 N–H and O–H groups in total. The summed E-state index contributed by atoms with van der Waals surface area (Å²) in [6.45, 7) is 0.858. The first kappa shape index (κ1) is 15.4. The minimum atomic E-state index is -0.761. The van der Waals surface area contributed by atoms with Crippen molar-refractivity contribution < 1.29 is 14.7 Å². The molecule has 4 nitrogen and oxygen atoms in total. The van der Waals surface area contributed by atoms with Gasteiger partial charge in [0.25, 0.3) is 0 Å². The molecule has 0 atom stereocenters. The SMILES string of the molecule is O=C(O)CCSc1ccc2c(c1)CCC(=O)N2CC1CCC1. The summed E-state index contributed by atoms with van der Waals surface area (Å²) in [5.74, 6) is 0.728. The van der Waals surface area contributed by atoms with Gasteiger partial charge in [0.2, 0.25) is 5.91 Å². The number of carboxylic acid groups (broad SMARTS) is 1. The lowest BCUT2D eigenvalue weighted by Gasteiger charge is -2.35. The number of anilines is 1. The molecule has 1 amide bonds. The van der Waals surface area contributed by atoms with E-state index < -0.39 is 5.97 Å². The van der Waals surface area contributed by atoms with Gasteiger partial charge in [-0.2, -0.15) is 0 Å². The van der Waals surface area contributed by atoms with Crippen LogP contribution >= 0.6 is 11.8 Å². The summed E-state index contributed by atoms with van der Waals surface area (Å²) in [5, 5.41) is 8.70. The van der Waals surface area contributed by atoms with Crippen LogP contribution in [0, 0.1) is 5.92 Å². The number of nitrogens with zero attached hydrogens (tertiary/aromatic N) is 1. The molecule has 0 radical (unpaired) electrons. The second kappa shape index (κ2) is 6.73. The van der Waals surface area contributed by atoms with E-state index in [2.05, 4.69) is 6.07 Å². The third kappa shape index (κ3) is 3.46. The van der Waals surface area contributed by atoms with Crippen molar-refractivity contribution in [3.05, 3.63) is 23.8 Å². The quantitative estimate of drug-likeness (QED) is 0.817. The van der Waals surface area contributed by atoms with Gasteiger partial charge in [-0.15, -0.1) is 11.8 Å². The number of carbonyl (C=O) groups is 2. The molecule has 0 spiro atoms. The number of hydrogen-bond donors (Lipinski definition) is 1. The van der Waals surface area contributed by atoms with Gasteiger partial charge in [0.05, 0.1) is 6.42 Å². The van der Waals surface area contributed by atoms with Crippen molar-refractivity contribution in [3.63, 3.8) is 0 Å². The second-order valence-electron chi connectivity index (χ2n) is 6.08. The predicted octanol–water partition coefficient (Wildman–Crippen LogP) is 3.33. The Balaban J connectivity index is 1.71. The largest absolute Gasteiger partial charge is 0.481 e. The molecule has 0 saturated heterocycles. The van der Waals surface area contributed by atoms with Gasteiger partial charge in [0, 0.05) is 29.3 Å². The van der Waals surface area contributed by atoms with Crippen molar-refractivity contribution in [1.82, 2.24) is 0 Å². The van der Waals surface area contributed by atoms with Crippen molar-refractivity contribution in [1.29, 1.82) is 0 Å². The molecule has 22 heavy (non-hydrogen) atoms. The van der Waals surface area contributed by atoms with E-state index in [0.717, 1.165) is 23.5 Å². The fourth-order valence-corrected chi connectivity index (χ4v) is 3.92. The van der Waals surface area contributed by atoms with Crippen molar-refractivity contribution in [2.75, 3.05) is 17.2 Å². The Morgan fingerprint density at radius 2 is 2.14 bits per heavy atom. The molecular weight excluding hydrogens is 298 g/mol. The van der Waals surface area contributed by atoms with Crippen LogP contribution < -0.4 is 4.90 Å². The van der Waals surface area contributed by atoms with Gasteiger partial charge in [0.15, 0.2) is 0 Å². The molecule has 1 aliphatic carbocycles. The summed E-state index contributed by atoms with van der Waals surface area (Å²) in [4.78, 5) is 25.9. The monoisotopic (exact) mass is 319 g/mol. The molecule has 1 aromatic carbocycles. The number of aryl methyl sites for hydroxylation is 1. The summed E-state index contributed by atoms with van der Waals surface area (Å²) in [6, 6.07) is 6.17. The van der Waals surface area contributed by atoms with Gasteiger partial charge < -0.3 is 10.0 Å². The summed E-state index contributed by atoms with van der Waals surface area (Å²) < 4.78 is 0. The first-order chi connectivity index (χ1) is 10.6. The molecule has 1 fully saturated rings. The summed E-state index contributed by atoms with van der Waals surface area (Å²) >= 11 is 1.57. The number of amides is 1. The van der Waals surface area contributed by atoms with Gasteiger partial charge in [-0.3, -0.25) is 9.59 Å². The number of benzene rings is 1. The molecular formula is C17H21NO3S. The predicted molar refractivity (Wildman–Crippen MR) is 87.4 cm³/mol. The molecule has 0 unspecified atom stereocenters. The first-order valence-electron chi connectivity index (χ1n) is 7.91. The van der Waals surface area contributed by atoms with Crippen molar-refractivity contribution >= 4 is 29.3 Å². The maximum absolute atomic E-state index is 12.2. The highest BCUT2D eigenvalue weighted by molar-refractivity contribution is 7.99. The van der Waals surface area contributed by atoms with Crippen LogP contribution in [0.25, 0.3) is 0 Å². The molecule has 5 heteroatoms. The van der Waals surface area contributed by atoms with Crippen molar-refractivity contribution in [2.45, 2.75) is 43.4 Å². The number of thioether (sulfide) groups is 1. The molecule has 0 aromatic heterocycles. The Kier molecular flexibility index (Phi) is 4.71. The fourth-order valence-electron chi connectivity index (χ4n) is 3.02. The lowest BCUT2D eigenvalue weighted by molar-refractivity contribution is -0.136. The van der Waals surface area contributed by atoms with Crippen molar-refractivity contribution in [2.24, 2.45) is 5.92 Å². The maximum atomic E-state index is 12.2. The smallest absolute Gasteiger partial charge is 0.304 e. The van der Waals surface area contributed by atoms with Crippen LogP contribution in [-0.2, 0) is 16.0 Å². The average Bonchev–Trinajstić information content (AvgIpc) is 2.44. The van der Waals surface area contributed by atoms with Crippen LogP contribution in [0.4, 0.5) is 5.69 Å². The number of rotatable bonds is 6. The molecule has 3 rings (SSSR count). The van der Waals surface area contributed by atoms with E-state index in [1.54, 1.807) is 11.8 Å². The fraction of sp³-hybridized carbons (Fsp3) is 0.529. The Morgan fingerprint density at radius 1 is 1.32 bits per heavy atom. The number of hydrogen-bond acceptors (Lipinski definition) is 3. The van der Waals surface area contributed by atoms with Crippen LogP contribution in [0.5, 0.6) is 0 Å². The lowest BCUT2D eigenvalue weighted by Crippen LogP contribution is -2.40. The zero-order chi connectivity index (χ0) is 15.5. The van der Waals surface area contributed by atoms with Crippen molar-refractivity contribution in [3.8, 4) is 0 Å². The molecule has 1 aliphatic heterocycles. The molecule has 118 valence electrons. The lowest BCUT2D eigenvalue weighted by atomic mass is 9.84. The molecule has 1 aromatic rings. The molecule has 1 heterocycles. The van der Waals surface area contributed by atoms with E-state index in [4.69, 9.17) is 5.11 Å². The van der Waals surface area contributed by atoms with Gasteiger partial charge in [-0.25, -0.2) is 0 Å². The van der Waals surface area contributed by atoms with Crippen LogP contribution in [0.1, 0.15) is 37.7 Å². The number of carbonyl (C=O) groups excluding carboxylic acids is 1. The van der Waals surface area contributed by atoms with Gasteiger partial charge >= 0.3 is 5.97 Å². The van der Waals surface area contributed by atoms with E-state index in [-0.39, 0.29) is 12.3 Å². The first-order valence-corrected chi connectivity index (χ1v) is 8.90. The highest BCUT2D eigenvalue weighted by Gasteiger charge is 2.28. The highest BCUT2D eigenvalue weighted by Crippen LogP contribution is 2.35. The summed E-state index contributed by atoms with van der Waals surface area (Å²) in [6.07, 6.45) is 5.32. The Hall–Kier alpha value is -1.49. The van der Waals surface area contributed by atoms with E-state index in [1.807, 2.05) is 17.0 Å². The molecule has 0 bridgehead atoms. The zero-order valence-corrected chi connectivity index (χ0v) is 13.4. The highest BCUT2D eigenvalue weighted by atomic mass is 32.2. The minimum Gasteiger partial charge on any atom is -0.481 e. The van der Waals surface area contributed by atoms with Crippen LogP contribution in [-0.4, -0.2) is 29.3 Å². The van der Waals surface area contributed by atoms with Crippen LogP contribution in [0.3, 0.4) is 0 Å².